The van der Waals surface area contributed by atoms with Gasteiger partial charge in [-0.2, -0.15) is 0 Å². The van der Waals surface area contributed by atoms with E-state index in [9.17, 15) is 4.79 Å². The second kappa shape index (κ2) is 7.26. The summed E-state index contributed by atoms with van der Waals surface area (Å²) in [6.45, 7) is 0.422. The lowest BCUT2D eigenvalue weighted by atomic mass is 10.1. The Bertz CT molecular complexity index is 651. The van der Waals surface area contributed by atoms with Crippen molar-refractivity contribution < 1.29 is 9.90 Å². The average Bonchev–Trinajstić information content (AvgIpc) is 2.51. The fourth-order valence-electron chi connectivity index (χ4n) is 1.92. The van der Waals surface area contributed by atoms with Crippen molar-refractivity contribution in [3.63, 3.8) is 0 Å². The summed E-state index contributed by atoms with van der Waals surface area (Å²) in [6, 6.07) is 14.8. The van der Waals surface area contributed by atoms with E-state index in [0.29, 0.717) is 12.2 Å². The number of amides is 1. The molecule has 0 unspecified atom stereocenters. The van der Waals surface area contributed by atoms with Crippen LogP contribution >= 0.6 is 0 Å². The molecule has 0 aliphatic heterocycles. The molecule has 0 aromatic heterocycles. The monoisotopic (exact) mass is 282 g/mol. The molecule has 108 valence electrons. The maximum atomic E-state index is 11.8. The Morgan fingerprint density at radius 3 is 2.67 bits per heavy atom. The first-order chi connectivity index (χ1) is 10.2. The Hall–Kier alpha value is -2.59. The fraction of sp³-hybridized carbons (Fsp3) is 0.118. The first-order valence-corrected chi connectivity index (χ1v) is 6.67. The molecule has 2 aromatic rings. The zero-order chi connectivity index (χ0) is 15.1. The normalized spacial score (nSPS) is 10.7. The molecular formula is C17H18N2O2. The van der Waals surface area contributed by atoms with E-state index >= 15 is 0 Å². The van der Waals surface area contributed by atoms with Crippen molar-refractivity contribution in [3.8, 4) is 0 Å². The summed E-state index contributed by atoms with van der Waals surface area (Å²) in [6.07, 6.45) is 3.19. The molecule has 1 amide bonds. The minimum absolute atomic E-state index is 0.00286. The van der Waals surface area contributed by atoms with Crippen molar-refractivity contribution in [1.82, 2.24) is 5.32 Å². The SMILES string of the molecule is Nc1cccc(/C=C/C(=O)NCc2cccc(CO)c2)c1. The Morgan fingerprint density at radius 1 is 1.14 bits per heavy atom. The lowest BCUT2D eigenvalue weighted by molar-refractivity contribution is -0.116. The van der Waals surface area contributed by atoms with Crippen LogP contribution in [-0.4, -0.2) is 11.0 Å². The van der Waals surface area contributed by atoms with Crippen molar-refractivity contribution in [2.75, 3.05) is 5.73 Å². The number of hydrogen-bond donors (Lipinski definition) is 3. The molecule has 21 heavy (non-hydrogen) atoms. The quantitative estimate of drug-likeness (QED) is 0.580. The predicted molar refractivity (Wildman–Crippen MR) is 84.1 cm³/mol. The van der Waals surface area contributed by atoms with Gasteiger partial charge in [0.15, 0.2) is 0 Å². The van der Waals surface area contributed by atoms with E-state index in [0.717, 1.165) is 16.7 Å². The lowest BCUT2D eigenvalue weighted by Gasteiger charge is -2.04. The molecule has 4 N–H and O–H groups in total. The summed E-state index contributed by atoms with van der Waals surface area (Å²) < 4.78 is 0. The van der Waals surface area contributed by atoms with Crippen LogP contribution in [0.1, 0.15) is 16.7 Å². The summed E-state index contributed by atoms with van der Waals surface area (Å²) in [4.78, 5) is 11.8. The largest absolute Gasteiger partial charge is 0.399 e. The van der Waals surface area contributed by atoms with Crippen LogP contribution in [0.25, 0.3) is 6.08 Å². The molecule has 4 heteroatoms. The van der Waals surface area contributed by atoms with Crippen molar-refractivity contribution >= 4 is 17.7 Å². The van der Waals surface area contributed by atoms with E-state index in [2.05, 4.69) is 5.32 Å². The number of hydrogen-bond acceptors (Lipinski definition) is 3. The number of carbonyl (C=O) groups excluding carboxylic acids is 1. The van der Waals surface area contributed by atoms with Gasteiger partial charge in [-0.15, -0.1) is 0 Å². The minimum Gasteiger partial charge on any atom is -0.399 e. The standard InChI is InChI=1S/C17H18N2O2/c18-16-6-2-3-13(10-16)7-8-17(21)19-11-14-4-1-5-15(9-14)12-20/h1-10,20H,11-12,18H2,(H,19,21)/b8-7+. The third-order valence-electron chi connectivity index (χ3n) is 2.98. The van der Waals surface area contributed by atoms with E-state index in [-0.39, 0.29) is 12.5 Å². The Morgan fingerprint density at radius 2 is 1.90 bits per heavy atom. The van der Waals surface area contributed by atoms with Crippen LogP contribution in [0.3, 0.4) is 0 Å². The second-order valence-electron chi connectivity index (χ2n) is 4.70. The van der Waals surface area contributed by atoms with Crippen LogP contribution in [0.5, 0.6) is 0 Å². The molecule has 0 saturated heterocycles. The molecule has 2 aromatic carbocycles. The highest BCUT2D eigenvalue weighted by Crippen LogP contribution is 2.08. The zero-order valence-corrected chi connectivity index (χ0v) is 11.6. The van der Waals surface area contributed by atoms with E-state index in [1.54, 1.807) is 18.2 Å². The number of carbonyl (C=O) groups is 1. The van der Waals surface area contributed by atoms with Crippen LogP contribution in [0.4, 0.5) is 5.69 Å². The highest BCUT2D eigenvalue weighted by atomic mass is 16.3. The molecule has 0 fully saturated rings. The van der Waals surface area contributed by atoms with Gasteiger partial charge in [-0.05, 0) is 34.9 Å². The lowest BCUT2D eigenvalue weighted by Crippen LogP contribution is -2.20. The molecule has 0 bridgehead atoms. The Labute approximate surface area is 123 Å². The van der Waals surface area contributed by atoms with E-state index < -0.39 is 0 Å². The van der Waals surface area contributed by atoms with E-state index in [1.165, 1.54) is 6.08 Å². The Kier molecular flexibility index (Phi) is 5.12. The van der Waals surface area contributed by atoms with Gasteiger partial charge >= 0.3 is 0 Å². The van der Waals surface area contributed by atoms with Gasteiger partial charge in [-0.1, -0.05) is 36.4 Å². The average molecular weight is 282 g/mol. The summed E-state index contributed by atoms with van der Waals surface area (Å²) in [7, 11) is 0. The predicted octanol–water partition coefficient (Wildman–Crippen LogP) is 2.09. The van der Waals surface area contributed by atoms with Crippen LogP contribution in [0.2, 0.25) is 0 Å². The maximum Gasteiger partial charge on any atom is 0.244 e. The van der Waals surface area contributed by atoms with Crippen LogP contribution < -0.4 is 11.1 Å². The summed E-state index contributed by atoms with van der Waals surface area (Å²) in [5, 5.41) is 11.9. The van der Waals surface area contributed by atoms with Gasteiger partial charge in [0.05, 0.1) is 6.61 Å². The number of benzene rings is 2. The van der Waals surface area contributed by atoms with Gasteiger partial charge in [0, 0.05) is 18.3 Å². The van der Waals surface area contributed by atoms with Crippen molar-refractivity contribution in [3.05, 3.63) is 71.3 Å². The summed E-state index contributed by atoms with van der Waals surface area (Å²) in [5.74, 6) is -0.174. The molecule has 0 atom stereocenters. The molecule has 0 radical (unpaired) electrons. The molecule has 0 aliphatic rings. The highest BCUT2D eigenvalue weighted by Gasteiger charge is 1.98. The van der Waals surface area contributed by atoms with Crippen molar-refractivity contribution in [1.29, 1.82) is 0 Å². The molecule has 0 aliphatic carbocycles. The van der Waals surface area contributed by atoms with Crippen molar-refractivity contribution in [2.45, 2.75) is 13.2 Å². The van der Waals surface area contributed by atoms with Gasteiger partial charge < -0.3 is 16.2 Å². The number of aliphatic hydroxyl groups excluding tert-OH is 1. The highest BCUT2D eigenvalue weighted by molar-refractivity contribution is 5.91. The van der Waals surface area contributed by atoms with E-state index in [4.69, 9.17) is 10.8 Å². The zero-order valence-electron chi connectivity index (χ0n) is 11.6. The number of nitrogens with two attached hydrogens (primary N) is 1. The van der Waals surface area contributed by atoms with Crippen LogP contribution in [-0.2, 0) is 17.9 Å². The molecule has 0 heterocycles. The Balaban J connectivity index is 1.90. The third kappa shape index (κ3) is 4.78. The number of aliphatic hydroxyl groups is 1. The summed E-state index contributed by atoms with van der Waals surface area (Å²) in [5.41, 5.74) is 9.00. The summed E-state index contributed by atoms with van der Waals surface area (Å²) >= 11 is 0. The van der Waals surface area contributed by atoms with Gasteiger partial charge in [0.2, 0.25) is 5.91 Å². The third-order valence-corrected chi connectivity index (χ3v) is 2.98. The number of anilines is 1. The van der Waals surface area contributed by atoms with Gasteiger partial charge in [-0.25, -0.2) is 0 Å². The van der Waals surface area contributed by atoms with Crippen LogP contribution in [0, 0.1) is 0 Å². The van der Waals surface area contributed by atoms with E-state index in [1.807, 2.05) is 36.4 Å². The molecule has 0 saturated carbocycles. The second-order valence-corrected chi connectivity index (χ2v) is 4.70. The first-order valence-electron chi connectivity index (χ1n) is 6.67. The van der Waals surface area contributed by atoms with Gasteiger partial charge in [0.1, 0.15) is 0 Å². The van der Waals surface area contributed by atoms with Gasteiger partial charge in [0.25, 0.3) is 0 Å². The molecule has 0 spiro atoms. The van der Waals surface area contributed by atoms with Gasteiger partial charge in [-0.3, -0.25) is 4.79 Å². The first kappa shape index (κ1) is 14.8. The topological polar surface area (TPSA) is 75.4 Å². The van der Waals surface area contributed by atoms with Crippen molar-refractivity contribution in [2.24, 2.45) is 0 Å². The van der Waals surface area contributed by atoms with Crippen LogP contribution in [0.15, 0.2) is 54.6 Å². The minimum atomic E-state index is -0.174. The fourth-order valence-corrected chi connectivity index (χ4v) is 1.92. The molecule has 2 rings (SSSR count). The molecular weight excluding hydrogens is 264 g/mol. The maximum absolute atomic E-state index is 11.8. The molecule has 4 nitrogen and oxygen atoms in total. The number of nitrogen functional groups attached to an aromatic ring is 1. The number of rotatable bonds is 5. The smallest absolute Gasteiger partial charge is 0.244 e. The number of nitrogens with one attached hydrogen (secondary N) is 1.